The van der Waals surface area contributed by atoms with Gasteiger partial charge in [0, 0.05) is 22.0 Å². The van der Waals surface area contributed by atoms with Crippen molar-refractivity contribution in [1.29, 1.82) is 0 Å². The van der Waals surface area contributed by atoms with Crippen LogP contribution in [0.2, 0.25) is 0 Å². The van der Waals surface area contributed by atoms with Crippen LogP contribution in [0.25, 0.3) is 38.6 Å². The van der Waals surface area contributed by atoms with Gasteiger partial charge < -0.3 is 9.67 Å². The monoisotopic (exact) mass is 335 g/mol. The highest BCUT2D eigenvalue weighted by Gasteiger charge is 2.15. The number of aromatic hydroxyl groups is 1. The van der Waals surface area contributed by atoms with Crippen molar-refractivity contribution < 1.29 is 5.11 Å². The lowest BCUT2D eigenvalue weighted by molar-refractivity contribution is 0.475. The molecule has 4 aromatic carbocycles. The van der Waals surface area contributed by atoms with Gasteiger partial charge in [-0.05, 0) is 35.9 Å². The summed E-state index contributed by atoms with van der Waals surface area (Å²) in [5.41, 5.74) is 5.77. The van der Waals surface area contributed by atoms with E-state index in [1.165, 1.54) is 21.8 Å². The van der Waals surface area contributed by atoms with Gasteiger partial charge in [0.1, 0.15) is 5.75 Å². The van der Waals surface area contributed by atoms with Gasteiger partial charge in [-0.3, -0.25) is 0 Å². The number of hydrogen-bond acceptors (Lipinski definition) is 1. The molecule has 0 radical (unpaired) electrons. The number of aromatic nitrogens is 1. The molecule has 0 amide bonds. The van der Waals surface area contributed by atoms with Crippen molar-refractivity contribution >= 4 is 21.8 Å². The summed E-state index contributed by atoms with van der Waals surface area (Å²) in [5.74, 6) is 0.282. The summed E-state index contributed by atoms with van der Waals surface area (Å²) < 4.78 is 2.33. The normalized spacial score (nSPS) is 11.2. The maximum atomic E-state index is 9.66. The van der Waals surface area contributed by atoms with E-state index in [0.29, 0.717) is 0 Å². The number of hydrogen-bond donors (Lipinski definition) is 1. The fourth-order valence-corrected chi connectivity index (χ4v) is 3.74. The summed E-state index contributed by atoms with van der Waals surface area (Å²) >= 11 is 0. The van der Waals surface area contributed by atoms with Crippen LogP contribution in [0.1, 0.15) is 0 Å². The Balaban J connectivity index is 1.96. The molecule has 2 heteroatoms. The van der Waals surface area contributed by atoms with Gasteiger partial charge in [-0.15, -0.1) is 0 Å². The molecular weight excluding hydrogens is 318 g/mol. The van der Waals surface area contributed by atoms with Gasteiger partial charge >= 0.3 is 0 Å². The van der Waals surface area contributed by atoms with Crippen LogP contribution in [0.5, 0.6) is 5.75 Å². The number of nitrogens with zero attached hydrogens (tertiary/aromatic N) is 1. The topological polar surface area (TPSA) is 25.2 Å². The smallest absolute Gasteiger partial charge is 0.115 e. The van der Waals surface area contributed by atoms with Crippen LogP contribution in [-0.2, 0) is 0 Å². The van der Waals surface area contributed by atoms with Gasteiger partial charge in [-0.2, -0.15) is 0 Å². The number of para-hydroxylation sites is 3. The molecule has 0 unspecified atom stereocenters. The minimum atomic E-state index is 0.282. The molecule has 0 atom stereocenters. The maximum absolute atomic E-state index is 9.66. The Morgan fingerprint density at radius 3 is 2.08 bits per heavy atom. The molecule has 0 spiro atoms. The van der Waals surface area contributed by atoms with Crippen LogP contribution in [0.15, 0.2) is 97.1 Å². The Morgan fingerprint density at radius 1 is 0.577 bits per heavy atom. The van der Waals surface area contributed by atoms with Crippen molar-refractivity contribution in [2.45, 2.75) is 0 Å². The van der Waals surface area contributed by atoms with Gasteiger partial charge in [0.25, 0.3) is 0 Å². The van der Waals surface area contributed by atoms with E-state index < -0.39 is 0 Å². The van der Waals surface area contributed by atoms with E-state index in [0.717, 1.165) is 16.8 Å². The average molecular weight is 335 g/mol. The summed E-state index contributed by atoms with van der Waals surface area (Å²) in [6, 6.07) is 32.8. The lowest BCUT2D eigenvalue weighted by atomic mass is 10.0. The van der Waals surface area contributed by atoms with Gasteiger partial charge in [0.2, 0.25) is 0 Å². The Bertz CT molecular complexity index is 1220. The third kappa shape index (κ3) is 2.20. The fraction of sp³-hybridized carbons (Fsp3) is 0. The highest BCUT2D eigenvalue weighted by atomic mass is 16.3. The molecule has 1 aromatic heterocycles. The second kappa shape index (κ2) is 5.78. The minimum absolute atomic E-state index is 0.282. The van der Waals surface area contributed by atoms with E-state index in [9.17, 15) is 5.11 Å². The molecule has 0 saturated heterocycles. The molecule has 5 rings (SSSR count). The van der Waals surface area contributed by atoms with Gasteiger partial charge in [0.05, 0.1) is 11.0 Å². The third-order valence-electron chi connectivity index (χ3n) is 4.89. The quantitative estimate of drug-likeness (QED) is 0.411. The first-order valence-corrected chi connectivity index (χ1v) is 8.70. The molecular formula is C24H17NO. The molecule has 0 fully saturated rings. The average Bonchev–Trinajstić information content (AvgIpc) is 3.04. The lowest BCUT2D eigenvalue weighted by Crippen LogP contribution is -1.94. The number of phenolic OH excluding ortho intramolecular Hbond substituents is 1. The molecule has 26 heavy (non-hydrogen) atoms. The van der Waals surface area contributed by atoms with E-state index in [-0.39, 0.29) is 5.75 Å². The van der Waals surface area contributed by atoms with Crippen molar-refractivity contribution in [2.24, 2.45) is 0 Å². The predicted molar refractivity (Wildman–Crippen MR) is 108 cm³/mol. The zero-order valence-electron chi connectivity index (χ0n) is 14.1. The molecule has 0 aliphatic rings. The summed E-state index contributed by atoms with van der Waals surface area (Å²) in [6.07, 6.45) is 0. The number of phenols is 1. The molecule has 0 saturated carbocycles. The molecule has 0 aliphatic carbocycles. The van der Waals surface area contributed by atoms with Crippen molar-refractivity contribution in [3.05, 3.63) is 97.1 Å². The first-order valence-electron chi connectivity index (χ1n) is 8.70. The summed E-state index contributed by atoms with van der Waals surface area (Å²) in [7, 11) is 0. The first-order chi connectivity index (χ1) is 12.8. The third-order valence-corrected chi connectivity index (χ3v) is 4.89. The SMILES string of the molecule is Oc1ccc(-c2cccc3c4ccccc4n(-c4ccccc4)c23)cc1. The van der Waals surface area contributed by atoms with Crippen molar-refractivity contribution in [2.75, 3.05) is 0 Å². The Labute approximate surface area is 151 Å². The van der Waals surface area contributed by atoms with E-state index >= 15 is 0 Å². The van der Waals surface area contributed by atoms with Crippen LogP contribution in [-0.4, -0.2) is 9.67 Å². The maximum Gasteiger partial charge on any atom is 0.115 e. The van der Waals surface area contributed by atoms with Crippen molar-refractivity contribution in [3.63, 3.8) is 0 Å². The largest absolute Gasteiger partial charge is 0.508 e. The highest BCUT2D eigenvalue weighted by Crippen LogP contribution is 2.38. The minimum Gasteiger partial charge on any atom is -0.508 e. The number of benzene rings is 4. The molecule has 1 heterocycles. The number of rotatable bonds is 2. The predicted octanol–water partition coefficient (Wildman–Crippen LogP) is 6.16. The summed E-state index contributed by atoms with van der Waals surface area (Å²) in [4.78, 5) is 0. The van der Waals surface area contributed by atoms with E-state index in [4.69, 9.17) is 0 Å². The van der Waals surface area contributed by atoms with Crippen LogP contribution in [0.4, 0.5) is 0 Å². The van der Waals surface area contributed by atoms with Crippen LogP contribution < -0.4 is 0 Å². The van der Waals surface area contributed by atoms with Gasteiger partial charge in [0.15, 0.2) is 0 Å². The highest BCUT2D eigenvalue weighted by molar-refractivity contribution is 6.13. The van der Waals surface area contributed by atoms with E-state index in [2.05, 4.69) is 71.3 Å². The van der Waals surface area contributed by atoms with Crippen molar-refractivity contribution in [1.82, 2.24) is 4.57 Å². The van der Waals surface area contributed by atoms with E-state index in [1.807, 2.05) is 18.2 Å². The zero-order chi connectivity index (χ0) is 17.5. The summed E-state index contributed by atoms with van der Waals surface area (Å²) in [5, 5.41) is 12.1. The Kier molecular flexibility index (Phi) is 3.29. The van der Waals surface area contributed by atoms with E-state index in [1.54, 1.807) is 12.1 Å². The number of fused-ring (bicyclic) bond motifs is 3. The molecule has 0 bridgehead atoms. The second-order valence-electron chi connectivity index (χ2n) is 6.44. The Hall–Kier alpha value is -3.52. The molecule has 5 aromatic rings. The molecule has 124 valence electrons. The van der Waals surface area contributed by atoms with Crippen LogP contribution >= 0.6 is 0 Å². The van der Waals surface area contributed by atoms with Gasteiger partial charge in [-0.25, -0.2) is 0 Å². The first kappa shape index (κ1) is 14.8. The Morgan fingerprint density at radius 2 is 1.27 bits per heavy atom. The van der Waals surface area contributed by atoms with Crippen LogP contribution in [0.3, 0.4) is 0 Å². The van der Waals surface area contributed by atoms with Crippen LogP contribution in [0, 0.1) is 0 Å². The molecule has 2 nitrogen and oxygen atoms in total. The fourth-order valence-electron chi connectivity index (χ4n) is 3.74. The second-order valence-corrected chi connectivity index (χ2v) is 6.44. The van der Waals surface area contributed by atoms with Crippen molar-refractivity contribution in [3.8, 4) is 22.6 Å². The van der Waals surface area contributed by atoms with Gasteiger partial charge in [-0.1, -0.05) is 66.7 Å². The lowest BCUT2D eigenvalue weighted by Gasteiger charge is -2.11. The standard InChI is InChI=1S/C24H17NO/c26-19-15-13-17(14-16-19)20-10-6-11-22-21-9-4-5-12-23(21)25(24(20)22)18-7-2-1-3-8-18/h1-16,26H. The molecule has 1 N–H and O–H groups in total. The molecule has 0 aliphatic heterocycles. The zero-order valence-corrected chi connectivity index (χ0v) is 14.1. The summed E-state index contributed by atoms with van der Waals surface area (Å²) in [6.45, 7) is 0.